The zero-order valence-corrected chi connectivity index (χ0v) is 14.2. The van der Waals surface area contributed by atoms with Crippen molar-refractivity contribution in [2.45, 2.75) is 33.2 Å². The second-order valence-electron chi connectivity index (χ2n) is 5.88. The van der Waals surface area contributed by atoms with Gasteiger partial charge in [-0.3, -0.25) is 9.48 Å². The van der Waals surface area contributed by atoms with Crippen molar-refractivity contribution in [3.63, 3.8) is 0 Å². The number of nitrogens with one attached hydrogen (secondary N) is 1. The van der Waals surface area contributed by atoms with E-state index in [0.717, 1.165) is 11.4 Å². The number of aryl methyl sites for hydroxylation is 2. The summed E-state index contributed by atoms with van der Waals surface area (Å²) in [6.07, 6.45) is 2.37. The fourth-order valence-electron chi connectivity index (χ4n) is 2.78. The van der Waals surface area contributed by atoms with E-state index >= 15 is 0 Å². The topological polar surface area (TPSA) is 84.3 Å². The standard InChI is InChI=1S/C14H24N4O3S/c1-11-10-12(2)18(16-11)9-6-15-14(19)13-4-7-17(8-5-13)22(3,20)21/h10,13H,4-9H2,1-3H3,(H,15,19). The molecule has 1 saturated heterocycles. The molecule has 1 N–H and O–H groups in total. The van der Waals surface area contributed by atoms with E-state index in [0.29, 0.717) is 39.0 Å². The second-order valence-corrected chi connectivity index (χ2v) is 7.86. The van der Waals surface area contributed by atoms with Crippen molar-refractivity contribution in [3.05, 3.63) is 17.5 Å². The van der Waals surface area contributed by atoms with Crippen LogP contribution in [0.3, 0.4) is 0 Å². The number of carbonyl (C=O) groups excluding carboxylic acids is 1. The summed E-state index contributed by atoms with van der Waals surface area (Å²) >= 11 is 0. The smallest absolute Gasteiger partial charge is 0.223 e. The molecule has 0 saturated carbocycles. The molecule has 0 bridgehead atoms. The third-order valence-electron chi connectivity index (χ3n) is 4.02. The molecule has 0 unspecified atom stereocenters. The molecule has 22 heavy (non-hydrogen) atoms. The fourth-order valence-corrected chi connectivity index (χ4v) is 3.65. The number of amides is 1. The van der Waals surface area contributed by atoms with Crippen molar-refractivity contribution in [1.29, 1.82) is 0 Å². The summed E-state index contributed by atoms with van der Waals surface area (Å²) in [6.45, 7) is 5.96. The van der Waals surface area contributed by atoms with Crippen molar-refractivity contribution in [2.24, 2.45) is 5.92 Å². The highest BCUT2D eigenvalue weighted by molar-refractivity contribution is 7.88. The molecule has 0 aliphatic carbocycles. The van der Waals surface area contributed by atoms with Gasteiger partial charge in [0.2, 0.25) is 15.9 Å². The molecule has 0 radical (unpaired) electrons. The highest BCUT2D eigenvalue weighted by Crippen LogP contribution is 2.19. The Morgan fingerprint density at radius 1 is 1.36 bits per heavy atom. The van der Waals surface area contributed by atoms with Gasteiger partial charge in [0.05, 0.1) is 18.5 Å². The molecule has 1 aromatic rings. The van der Waals surface area contributed by atoms with E-state index in [4.69, 9.17) is 0 Å². The molecule has 1 aliphatic rings. The van der Waals surface area contributed by atoms with Crippen LogP contribution in [-0.4, -0.2) is 54.3 Å². The summed E-state index contributed by atoms with van der Waals surface area (Å²) in [5, 5.41) is 7.27. The van der Waals surface area contributed by atoms with Gasteiger partial charge in [-0.15, -0.1) is 0 Å². The largest absolute Gasteiger partial charge is 0.354 e. The number of nitrogens with zero attached hydrogens (tertiary/aromatic N) is 3. The lowest BCUT2D eigenvalue weighted by molar-refractivity contribution is -0.126. The molecular formula is C14H24N4O3S. The Morgan fingerprint density at radius 2 is 2.00 bits per heavy atom. The Hall–Kier alpha value is -1.41. The van der Waals surface area contributed by atoms with E-state index in [2.05, 4.69) is 10.4 Å². The first kappa shape index (κ1) is 17.0. The highest BCUT2D eigenvalue weighted by Gasteiger charge is 2.28. The van der Waals surface area contributed by atoms with Gasteiger partial charge in [-0.25, -0.2) is 12.7 Å². The molecule has 1 amide bonds. The van der Waals surface area contributed by atoms with E-state index in [1.54, 1.807) is 0 Å². The summed E-state index contributed by atoms with van der Waals surface area (Å²) in [7, 11) is -3.14. The first-order valence-corrected chi connectivity index (χ1v) is 9.36. The Kier molecular flexibility index (Phi) is 5.23. The Labute approximate surface area is 131 Å². The molecule has 2 heterocycles. The maximum atomic E-state index is 12.1. The minimum absolute atomic E-state index is 0.00896. The Morgan fingerprint density at radius 3 is 2.50 bits per heavy atom. The third kappa shape index (κ3) is 4.30. The minimum atomic E-state index is -3.14. The molecule has 0 spiro atoms. The highest BCUT2D eigenvalue weighted by atomic mass is 32.2. The van der Waals surface area contributed by atoms with E-state index in [1.165, 1.54) is 10.6 Å². The fraction of sp³-hybridized carbons (Fsp3) is 0.714. The molecule has 0 atom stereocenters. The van der Waals surface area contributed by atoms with Crippen LogP contribution in [0, 0.1) is 19.8 Å². The molecule has 1 aromatic heterocycles. The maximum Gasteiger partial charge on any atom is 0.223 e. The van der Waals surface area contributed by atoms with Gasteiger partial charge >= 0.3 is 0 Å². The predicted molar refractivity (Wildman–Crippen MR) is 83.9 cm³/mol. The lowest BCUT2D eigenvalue weighted by Crippen LogP contribution is -2.43. The lowest BCUT2D eigenvalue weighted by Gasteiger charge is -2.29. The van der Waals surface area contributed by atoms with Crippen LogP contribution in [0.15, 0.2) is 6.07 Å². The first-order chi connectivity index (χ1) is 10.3. The van der Waals surface area contributed by atoms with Crippen LogP contribution in [0.4, 0.5) is 0 Å². The number of aromatic nitrogens is 2. The monoisotopic (exact) mass is 328 g/mol. The van der Waals surface area contributed by atoms with E-state index in [9.17, 15) is 13.2 Å². The summed E-state index contributed by atoms with van der Waals surface area (Å²) < 4.78 is 26.2. The first-order valence-electron chi connectivity index (χ1n) is 7.51. The number of hydrogen-bond acceptors (Lipinski definition) is 4. The van der Waals surface area contributed by atoms with Crippen molar-refractivity contribution >= 4 is 15.9 Å². The van der Waals surface area contributed by atoms with Crippen LogP contribution < -0.4 is 5.32 Å². The van der Waals surface area contributed by atoms with Crippen LogP contribution in [-0.2, 0) is 21.4 Å². The molecule has 8 heteroatoms. The number of rotatable bonds is 5. The van der Waals surface area contributed by atoms with E-state index in [-0.39, 0.29) is 11.8 Å². The number of sulfonamides is 1. The van der Waals surface area contributed by atoms with Gasteiger partial charge in [0, 0.05) is 31.2 Å². The van der Waals surface area contributed by atoms with Crippen molar-refractivity contribution in [3.8, 4) is 0 Å². The van der Waals surface area contributed by atoms with Gasteiger partial charge in [0.25, 0.3) is 0 Å². The van der Waals surface area contributed by atoms with Gasteiger partial charge < -0.3 is 5.32 Å². The van der Waals surface area contributed by atoms with Crippen LogP contribution in [0.5, 0.6) is 0 Å². The molecule has 1 aliphatic heterocycles. The number of hydrogen-bond donors (Lipinski definition) is 1. The normalized spacial score (nSPS) is 17.6. The van der Waals surface area contributed by atoms with E-state index < -0.39 is 10.0 Å². The SMILES string of the molecule is Cc1cc(C)n(CCNC(=O)C2CCN(S(C)(=O)=O)CC2)n1. The lowest BCUT2D eigenvalue weighted by atomic mass is 9.97. The Balaban J connectivity index is 1.76. The summed E-state index contributed by atoms with van der Waals surface area (Å²) in [6, 6.07) is 2.00. The van der Waals surface area contributed by atoms with Crippen LogP contribution in [0.1, 0.15) is 24.2 Å². The molecule has 1 fully saturated rings. The quantitative estimate of drug-likeness (QED) is 0.842. The molecule has 2 rings (SSSR count). The van der Waals surface area contributed by atoms with Gasteiger partial charge in [-0.1, -0.05) is 0 Å². The molecule has 124 valence electrons. The Bertz CT molecular complexity index is 631. The molecule has 0 aromatic carbocycles. The average molecular weight is 328 g/mol. The summed E-state index contributed by atoms with van der Waals surface area (Å²) in [5.74, 6) is -0.0897. The maximum absolute atomic E-state index is 12.1. The van der Waals surface area contributed by atoms with Crippen molar-refractivity contribution in [1.82, 2.24) is 19.4 Å². The number of carbonyl (C=O) groups is 1. The average Bonchev–Trinajstić information content (AvgIpc) is 2.76. The third-order valence-corrected chi connectivity index (χ3v) is 5.32. The molecular weight excluding hydrogens is 304 g/mol. The summed E-state index contributed by atoms with van der Waals surface area (Å²) in [4.78, 5) is 12.1. The van der Waals surface area contributed by atoms with Gasteiger partial charge in [0.15, 0.2) is 0 Å². The van der Waals surface area contributed by atoms with Crippen molar-refractivity contribution < 1.29 is 13.2 Å². The van der Waals surface area contributed by atoms with E-state index in [1.807, 2.05) is 24.6 Å². The van der Waals surface area contributed by atoms with Crippen LogP contribution >= 0.6 is 0 Å². The molecule has 7 nitrogen and oxygen atoms in total. The predicted octanol–water partition coefficient (Wildman–Crippen LogP) is 0.288. The minimum Gasteiger partial charge on any atom is -0.354 e. The van der Waals surface area contributed by atoms with Gasteiger partial charge in [-0.05, 0) is 32.8 Å². The van der Waals surface area contributed by atoms with Crippen LogP contribution in [0.2, 0.25) is 0 Å². The van der Waals surface area contributed by atoms with Gasteiger partial charge in [-0.2, -0.15) is 5.10 Å². The summed E-state index contributed by atoms with van der Waals surface area (Å²) in [5.41, 5.74) is 2.05. The zero-order valence-electron chi connectivity index (χ0n) is 13.4. The van der Waals surface area contributed by atoms with Crippen LogP contribution in [0.25, 0.3) is 0 Å². The second kappa shape index (κ2) is 6.78. The van der Waals surface area contributed by atoms with Gasteiger partial charge in [0.1, 0.15) is 0 Å². The number of piperidine rings is 1. The zero-order chi connectivity index (χ0) is 16.3. The van der Waals surface area contributed by atoms with Crippen molar-refractivity contribution in [2.75, 3.05) is 25.9 Å².